The van der Waals surface area contributed by atoms with Crippen molar-refractivity contribution in [2.45, 2.75) is 26.1 Å². The maximum Gasteiger partial charge on any atom is 0.246 e. The number of rotatable bonds is 3. The van der Waals surface area contributed by atoms with E-state index in [1.54, 1.807) is 15.8 Å². The number of benzene rings is 1. The first-order chi connectivity index (χ1) is 12.0. The fourth-order valence-electron chi connectivity index (χ4n) is 3.16. The Bertz CT molecular complexity index is 946. The maximum atomic E-state index is 12.9. The van der Waals surface area contributed by atoms with Gasteiger partial charge in [0.1, 0.15) is 6.04 Å². The van der Waals surface area contributed by atoms with Gasteiger partial charge in [-0.2, -0.15) is 5.10 Å². The Hall–Kier alpha value is -2.67. The van der Waals surface area contributed by atoms with E-state index in [1.807, 2.05) is 49.0 Å². The third kappa shape index (κ3) is 2.70. The van der Waals surface area contributed by atoms with Crippen LogP contribution in [-0.2, 0) is 24.9 Å². The molecule has 0 N–H and O–H groups in total. The van der Waals surface area contributed by atoms with Crippen LogP contribution in [0.1, 0.15) is 24.4 Å². The third-order valence-corrected chi connectivity index (χ3v) is 4.81. The number of halogens is 1. The summed E-state index contributed by atoms with van der Waals surface area (Å²) < 4.78 is 3.60. The predicted octanol–water partition coefficient (Wildman–Crippen LogP) is 2.44. The number of amides is 1. The molecule has 1 aliphatic rings. The monoisotopic (exact) mass is 356 g/mol. The molecule has 0 saturated carbocycles. The molecule has 0 unspecified atom stereocenters. The van der Waals surface area contributed by atoms with E-state index in [-0.39, 0.29) is 11.9 Å². The highest BCUT2D eigenvalue weighted by molar-refractivity contribution is 6.31. The number of hydrogen-bond acceptors (Lipinski definition) is 4. The minimum absolute atomic E-state index is 0.0253. The second-order valence-corrected chi connectivity index (χ2v) is 6.58. The summed E-state index contributed by atoms with van der Waals surface area (Å²) in [6.07, 6.45) is 3.59. The third-order valence-electron chi connectivity index (χ3n) is 4.44. The molecular formula is C17H17ClN6O. The lowest BCUT2D eigenvalue weighted by atomic mass is 10.1. The van der Waals surface area contributed by atoms with Gasteiger partial charge in [0, 0.05) is 24.8 Å². The smallest absolute Gasteiger partial charge is 0.246 e. The van der Waals surface area contributed by atoms with Gasteiger partial charge in [0.05, 0.1) is 18.3 Å². The maximum absolute atomic E-state index is 12.9. The van der Waals surface area contributed by atoms with Crippen molar-refractivity contribution in [1.29, 1.82) is 0 Å². The summed E-state index contributed by atoms with van der Waals surface area (Å²) in [6.45, 7) is 2.73. The van der Waals surface area contributed by atoms with Crippen LogP contribution in [0, 0.1) is 0 Å². The zero-order valence-corrected chi connectivity index (χ0v) is 14.7. The van der Waals surface area contributed by atoms with E-state index in [4.69, 9.17) is 11.6 Å². The molecule has 0 bridgehead atoms. The molecule has 0 aliphatic carbocycles. The Morgan fingerprint density at radius 3 is 2.80 bits per heavy atom. The number of nitrogens with zero attached hydrogens (tertiary/aromatic N) is 6. The molecule has 1 aliphatic heterocycles. The molecule has 1 atom stereocenters. The molecule has 1 aromatic carbocycles. The summed E-state index contributed by atoms with van der Waals surface area (Å²) >= 11 is 6.23. The topological polar surface area (TPSA) is 68.8 Å². The number of carbonyl (C=O) groups excluding carboxylic acids is 1. The second kappa shape index (κ2) is 6.00. The fraction of sp³-hybridized carbons (Fsp3) is 0.294. The lowest BCUT2D eigenvalue weighted by molar-refractivity contribution is -0.137. The van der Waals surface area contributed by atoms with E-state index in [2.05, 4.69) is 15.3 Å². The minimum Gasteiger partial charge on any atom is -0.329 e. The highest BCUT2D eigenvalue weighted by atomic mass is 35.5. The number of fused-ring (bicyclic) bond motifs is 1. The van der Waals surface area contributed by atoms with Crippen LogP contribution in [0.15, 0.2) is 36.7 Å². The molecule has 25 heavy (non-hydrogen) atoms. The van der Waals surface area contributed by atoms with E-state index in [9.17, 15) is 4.79 Å². The average molecular weight is 357 g/mol. The molecule has 7 nitrogen and oxygen atoms in total. The lowest BCUT2D eigenvalue weighted by Gasteiger charge is -2.32. The van der Waals surface area contributed by atoms with Gasteiger partial charge >= 0.3 is 0 Å². The van der Waals surface area contributed by atoms with Crippen LogP contribution in [0.25, 0.3) is 11.4 Å². The minimum atomic E-state index is -0.378. The van der Waals surface area contributed by atoms with Gasteiger partial charge in [-0.1, -0.05) is 29.8 Å². The van der Waals surface area contributed by atoms with E-state index in [0.717, 1.165) is 17.0 Å². The zero-order valence-electron chi connectivity index (χ0n) is 13.9. The quantitative estimate of drug-likeness (QED) is 0.722. The molecule has 1 amide bonds. The standard InChI is InChI=1S/C17H17ClN6O/c1-11-17(25)23(9-12-5-3-4-6-14(12)18)10-15-20-21-16(24(11)15)13-7-19-22(2)8-13/h3-8,11H,9-10H2,1-2H3/t11-/m0/s1. The lowest BCUT2D eigenvalue weighted by Crippen LogP contribution is -2.41. The Balaban J connectivity index is 1.67. The van der Waals surface area contributed by atoms with Crippen molar-refractivity contribution in [1.82, 2.24) is 29.4 Å². The van der Waals surface area contributed by atoms with Gasteiger partial charge in [-0.05, 0) is 18.6 Å². The summed E-state index contributed by atoms with van der Waals surface area (Å²) in [7, 11) is 1.84. The molecule has 2 aromatic heterocycles. The van der Waals surface area contributed by atoms with Crippen LogP contribution in [-0.4, -0.2) is 35.4 Å². The SMILES string of the molecule is C[C@H]1C(=O)N(Cc2ccccc2Cl)Cc2nnc(-c3cnn(C)c3)n21. The molecule has 8 heteroatoms. The van der Waals surface area contributed by atoms with Gasteiger partial charge in [0.25, 0.3) is 0 Å². The largest absolute Gasteiger partial charge is 0.329 e. The number of aromatic nitrogens is 5. The molecule has 0 radical (unpaired) electrons. The van der Waals surface area contributed by atoms with Gasteiger partial charge in [-0.25, -0.2) is 0 Å². The van der Waals surface area contributed by atoms with Gasteiger partial charge in [0.15, 0.2) is 11.6 Å². The van der Waals surface area contributed by atoms with Crippen molar-refractivity contribution in [3.05, 3.63) is 53.1 Å². The summed E-state index contributed by atoms with van der Waals surface area (Å²) in [5.41, 5.74) is 1.77. The normalized spacial score (nSPS) is 17.0. The molecule has 3 aromatic rings. The number of hydrogen-bond donors (Lipinski definition) is 0. The first-order valence-corrected chi connectivity index (χ1v) is 8.37. The van der Waals surface area contributed by atoms with Crippen LogP contribution in [0.4, 0.5) is 0 Å². The Kier molecular flexibility index (Phi) is 3.80. The van der Waals surface area contributed by atoms with Gasteiger partial charge in [-0.15, -0.1) is 10.2 Å². The predicted molar refractivity (Wildman–Crippen MR) is 92.6 cm³/mol. The zero-order chi connectivity index (χ0) is 17.6. The molecular weight excluding hydrogens is 340 g/mol. The summed E-state index contributed by atoms with van der Waals surface area (Å²) in [6, 6.07) is 7.18. The van der Waals surface area contributed by atoms with Crippen molar-refractivity contribution in [2.75, 3.05) is 0 Å². The number of carbonyl (C=O) groups is 1. The summed E-state index contributed by atoms with van der Waals surface area (Å²) in [5, 5.41) is 13.4. The van der Waals surface area contributed by atoms with Gasteiger partial charge in [-0.3, -0.25) is 14.0 Å². The van der Waals surface area contributed by atoms with Crippen LogP contribution in [0.2, 0.25) is 5.02 Å². The fourth-order valence-corrected chi connectivity index (χ4v) is 3.36. The van der Waals surface area contributed by atoms with E-state index in [1.165, 1.54) is 0 Å². The van der Waals surface area contributed by atoms with Crippen molar-refractivity contribution in [2.24, 2.45) is 7.05 Å². The van der Waals surface area contributed by atoms with Crippen molar-refractivity contribution in [3.63, 3.8) is 0 Å². The molecule has 128 valence electrons. The highest BCUT2D eigenvalue weighted by Gasteiger charge is 2.33. The second-order valence-electron chi connectivity index (χ2n) is 6.17. The Labute approximate surface area is 149 Å². The van der Waals surface area contributed by atoms with E-state index in [0.29, 0.717) is 23.9 Å². The van der Waals surface area contributed by atoms with Crippen LogP contribution in [0.3, 0.4) is 0 Å². The first-order valence-electron chi connectivity index (χ1n) is 7.99. The van der Waals surface area contributed by atoms with Crippen LogP contribution >= 0.6 is 11.6 Å². The van der Waals surface area contributed by atoms with Crippen molar-refractivity contribution < 1.29 is 4.79 Å². The first kappa shape index (κ1) is 15.8. The Morgan fingerprint density at radius 2 is 2.08 bits per heavy atom. The van der Waals surface area contributed by atoms with Crippen molar-refractivity contribution >= 4 is 17.5 Å². The van der Waals surface area contributed by atoms with Gasteiger partial charge < -0.3 is 4.90 Å². The molecule has 4 rings (SSSR count). The van der Waals surface area contributed by atoms with Crippen molar-refractivity contribution in [3.8, 4) is 11.4 Å². The van der Waals surface area contributed by atoms with Crippen LogP contribution < -0.4 is 0 Å². The van der Waals surface area contributed by atoms with Gasteiger partial charge in [0.2, 0.25) is 5.91 Å². The molecule has 3 heterocycles. The number of aryl methyl sites for hydroxylation is 1. The average Bonchev–Trinajstić information content (AvgIpc) is 3.20. The Morgan fingerprint density at radius 1 is 1.28 bits per heavy atom. The summed E-state index contributed by atoms with van der Waals surface area (Å²) in [5.74, 6) is 1.46. The highest BCUT2D eigenvalue weighted by Crippen LogP contribution is 2.29. The summed E-state index contributed by atoms with van der Waals surface area (Å²) in [4.78, 5) is 14.6. The molecule has 0 spiro atoms. The van der Waals surface area contributed by atoms with E-state index >= 15 is 0 Å². The van der Waals surface area contributed by atoms with Crippen LogP contribution in [0.5, 0.6) is 0 Å². The molecule has 0 fully saturated rings. The molecule has 0 saturated heterocycles. The van der Waals surface area contributed by atoms with E-state index < -0.39 is 0 Å².